The minimum absolute atomic E-state index is 0.0544. The summed E-state index contributed by atoms with van der Waals surface area (Å²) in [6, 6.07) is 25.6. The number of hydrogen-bond donors (Lipinski definition) is 2. The Bertz CT molecular complexity index is 1860. The lowest BCUT2D eigenvalue weighted by atomic mass is 9.87. The standard InChI is InChI=1S/C35H30N2O3/c1-23-19-25(10-9-24-11-15-27(16-12-24)35(2,3)4)13-17-32(23)37-33(18-14-26-20-28(38)22-29(39)21-26)36-31-8-6-5-7-30(31)34(37)40/h5-8,11-22,38-39H,1-4H3/b18-14+. The fourth-order valence-corrected chi connectivity index (χ4v) is 4.56. The maximum atomic E-state index is 13.7. The van der Waals surface area contributed by atoms with Gasteiger partial charge in [-0.25, -0.2) is 4.98 Å². The number of nitrogens with zero attached hydrogens (tertiary/aromatic N) is 2. The van der Waals surface area contributed by atoms with Gasteiger partial charge in [0.15, 0.2) is 0 Å². The maximum absolute atomic E-state index is 13.7. The van der Waals surface area contributed by atoms with E-state index in [1.54, 1.807) is 28.9 Å². The molecule has 0 saturated carbocycles. The molecule has 0 unspecified atom stereocenters. The molecular weight excluding hydrogens is 496 g/mol. The molecule has 0 atom stereocenters. The van der Waals surface area contributed by atoms with Gasteiger partial charge in [-0.3, -0.25) is 9.36 Å². The number of aromatic hydroxyl groups is 2. The van der Waals surface area contributed by atoms with Crippen LogP contribution in [0.15, 0.2) is 89.7 Å². The highest BCUT2D eigenvalue weighted by atomic mass is 16.3. The van der Waals surface area contributed by atoms with Crippen LogP contribution in [-0.2, 0) is 5.41 Å². The summed E-state index contributed by atoms with van der Waals surface area (Å²) in [6.45, 7) is 8.51. The summed E-state index contributed by atoms with van der Waals surface area (Å²) >= 11 is 0. The number of aromatic nitrogens is 2. The molecular formula is C35H30N2O3. The average molecular weight is 527 g/mol. The highest BCUT2D eigenvalue weighted by Crippen LogP contribution is 2.24. The molecule has 5 nitrogen and oxygen atoms in total. The molecule has 5 aromatic rings. The van der Waals surface area contributed by atoms with Crippen molar-refractivity contribution in [1.82, 2.24) is 9.55 Å². The molecule has 0 aliphatic heterocycles. The highest BCUT2D eigenvalue weighted by Gasteiger charge is 2.14. The van der Waals surface area contributed by atoms with Crippen LogP contribution >= 0.6 is 0 Å². The summed E-state index contributed by atoms with van der Waals surface area (Å²) in [5.41, 5.74) is 5.67. The van der Waals surface area contributed by atoms with E-state index in [1.807, 2.05) is 49.4 Å². The van der Waals surface area contributed by atoms with Crippen LogP contribution in [-0.4, -0.2) is 19.8 Å². The Morgan fingerprint density at radius 2 is 1.45 bits per heavy atom. The molecule has 0 aliphatic carbocycles. The van der Waals surface area contributed by atoms with E-state index in [0.717, 1.165) is 16.7 Å². The first kappa shape index (κ1) is 26.5. The number of phenolic OH excluding ortho intramolecular Hbond substituents is 2. The Morgan fingerprint density at radius 3 is 2.12 bits per heavy atom. The Balaban J connectivity index is 1.55. The molecule has 1 aromatic heterocycles. The largest absolute Gasteiger partial charge is 0.508 e. The van der Waals surface area contributed by atoms with Crippen LogP contribution in [0.3, 0.4) is 0 Å². The van der Waals surface area contributed by atoms with E-state index in [2.05, 4.69) is 44.7 Å². The molecule has 198 valence electrons. The summed E-state index contributed by atoms with van der Waals surface area (Å²) in [5, 5.41) is 20.2. The lowest BCUT2D eigenvalue weighted by Gasteiger charge is -2.18. The van der Waals surface area contributed by atoms with E-state index >= 15 is 0 Å². The average Bonchev–Trinajstić information content (AvgIpc) is 2.91. The van der Waals surface area contributed by atoms with Crippen LogP contribution in [0.1, 0.15) is 54.4 Å². The van der Waals surface area contributed by atoms with Gasteiger partial charge in [-0.15, -0.1) is 0 Å². The highest BCUT2D eigenvalue weighted by molar-refractivity contribution is 5.80. The van der Waals surface area contributed by atoms with Crippen LogP contribution in [0.25, 0.3) is 28.7 Å². The lowest BCUT2D eigenvalue weighted by molar-refractivity contribution is 0.450. The number of benzene rings is 4. The molecule has 0 fully saturated rings. The zero-order chi connectivity index (χ0) is 28.4. The fraction of sp³-hybridized carbons (Fsp3) is 0.143. The minimum atomic E-state index is -0.190. The van der Waals surface area contributed by atoms with Crippen molar-refractivity contribution in [1.29, 1.82) is 0 Å². The van der Waals surface area contributed by atoms with E-state index in [9.17, 15) is 15.0 Å². The van der Waals surface area contributed by atoms with Gasteiger partial charge in [0.25, 0.3) is 5.56 Å². The van der Waals surface area contributed by atoms with Gasteiger partial charge in [0.05, 0.1) is 16.6 Å². The number of para-hydroxylation sites is 1. The first-order valence-electron chi connectivity index (χ1n) is 13.0. The molecule has 5 rings (SSSR count). The SMILES string of the molecule is Cc1cc(C#Cc2ccc(C(C)(C)C)cc2)ccc1-n1c(/C=C/c2cc(O)cc(O)c2)nc2ccccc2c1=O. The number of aryl methyl sites for hydroxylation is 1. The first-order valence-corrected chi connectivity index (χ1v) is 13.0. The van der Waals surface area contributed by atoms with Crippen molar-refractivity contribution in [2.24, 2.45) is 0 Å². The number of fused-ring (bicyclic) bond motifs is 1. The van der Waals surface area contributed by atoms with E-state index in [1.165, 1.54) is 23.8 Å². The van der Waals surface area contributed by atoms with E-state index in [0.29, 0.717) is 28.0 Å². The van der Waals surface area contributed by atoms with Crippen molar-refractivity contribution >= 4 is 23.1 Å². The van der Waals surface area contributed by atoms with E-state index in [4.69, 9.17) is 4.98 Å². The van der Waals surface area contributed by atoms with Crippen LogP contribution < -0.4 is 5.56 Å². The van der Waals surface area contributed by atoms with Crippen LogP contribution in [0.4, 0.5) is 0 Å². The van der Waals surface area contributed by atoms with Crippen molar-refractivity contribution in [3.8, 4) is 29.0 Å². The summed E-state index contributed by atoms with van der Waals surface area (Å²) in [6.07, 6.45) is 3.41. The van der Waals surface area contributed by atoms with Gasteiger partial charge in [-0.2, -0.15) is 0 Å². The molecule has 0 amide bonds. The Labute approximate surface area is 233 Å². The van der Waals surface area contributed by atoms with Gasteiger partial charge >= 0.3 is 0 Å². The second-order valence-electron chi connectivity index (χ2n) is 10.8. The van der Waals surface area contributed by atoms with Crippen LogP contribution in [0.2, 0.25) is 0 Å². The molecule has 0 radical (unpaired) electrons. The predicted octanol–water partition coefficient (Wildman–Crippen LogP) is 6.97. The third-order valence-corrected chi connectivity index (χ3v) is 6.69. The molecule has 0 aliphatic rings. The molecule has 4 aromatic carbocycles. The zero-order valence-corrected chi connectivity index (χ0v) is 22.9. The summed E-state index contributed by atoms with van der Waals surface area (Å²) in [7, 11) is 0. The lowest BCUT2D eigenvalue weighted by Crippen LogP contribution is -2.23. The Hall–Kier alpha value is -5.08. The van der Waals surface area contributed by atoms with Crippen molar-refractivity contribution in [3.05, 3.63) is 129 Å². The van der Waals surface area contributed by atoms with Gasteiger partial charge in [0, 0.05) is 17.2 Å². The zero-order valence-electron chi connectivity index (χ0n) is 22.9. The van der Waals surface area contributed by atoms with Crippen molar-refractivity contribution < 1.29 is 10.2 Å². The van der Waals surface area contributed by atoms with Crippen LogP contribution in [0.5, 0.6) is 11.5 Å². The molecule has 0 spiro atoms. The second kappa shape index (κ2) is 10.6. The van der Waals surface area contributed by atoms with E-state index in [-0.39, 0.29) is 22.5 Å². The van der Waals surface area contributed by atoms with Gasteiger partial charge in [0.1, 0.15) is 17.3 Å². The molecule has 2 N–H and O–H groups in total. The molecule has 0 saturated heterocycles. The van der Waals surface area contributed by atoms with Gasteiger partial charge < -0.3 is 10.2 Å². The monoisotopic (exact) mass is 526 g/mol. The number of hydrogen-bond acceptors (Lipinski definition) is 4. The molecule has 5 heteroatoms. The van der Waals surface area contributed by atoms with Crippen molar-refractivity contribution in [3.63, 3.8) is 0 Å². The Kier molecular flexibility index (Phi) is 7.02. The first-order chi connectivity index (χ1) is 19.1. The fourth-order valence-electron chi connectivity index (χ4n) is 4.56. The Morgan fingerprint density at radius 1 is 0.800 bits per heavy atom. The van der Waals surface area contributed by atoms with Crippen LogP contribution in [0, 0.1) is 18.8 Å². The van der Waals surface area contributed by atoms with Gasteiger partial charge in [0.2, 0.25) is 0 Å². The number of rotatable bonds is 3. The molecule has 1 heterocycles. The second-order valence-corrected chi connectivity index (χ2v) is 10.8. The summed E-state index contributed by atoms with van der Waals surface area (Å²) < 4.78 is 1.58. The van der Waals surface area contributed by atoms with Gasteiger partial charge in [-0.1, -0.05) is 63.0 Å². The van der Waals surface area contributed by atoms with Crippen molar-refractivity contribution in [2.45, 2.75) is 33.1 Å². The molecule has 0 bridgehead atoms. The van der Waals surface area contributed by atoms with Crippen molar-refractivity contribution in [2.75, 3.05) is 0 Å². The topological polar surface area (TPSA) is 75.3 Å². The third kappa shape index (κ3) is 5.67. The maximum Gasteiger partial charge on any atom is 0.266 e. The number of phenols is 2. The molecule has 40 heavy (non-hydrogen) atoms. The summed E-state index contributed by atoms with van der Waals surface area (Å²) in [5.74, 6) is 6.79. The smallest absolute Gasteiger partial charge is 0.266 e. The summed E-state index contributed by atoms with van der Waals surface area (Å²) in [4.78, 5) is 18.5. The van der Waals surface area contributed by atoms with E-state index < -0.39 is 0 Å². The van der Waals surface area contributed by atoms with Gasteiger partial charge in [-0.05, 0) is 89.7 Å². The quantitative estimate of drug-likeness (QED) is 0.249. The predicted molar refractivity (Wildman–Crippen MR) is 162 cm³/mol. The third-order valence-electron chi connectivity index (χ3n) is 6.69. The normalized spacial score (nSPS) is 11.5. The minimum Gasteiger partial charge on any atom is -0.508 e.